The van der Waals surface area contributed by atoms with Crippen LogP contribution in [0.5, 0.6) is 5.75 Å². The van der Waals surface area contributed by atoms with E-state index < -0.39 is 0 Å². The van der Waals surface area contributed by atoms with Crippen LogP contribution in [0.1, 0.15) is 42.4 Å². The highest BCUT2D eigenvalue weighted by Gasteiger charge is 2.15. The molecule has 0 fully saturated rings. The number of nitrogens with two attached hydrogens (primary N) is 1. The lowest BCUT2D eigenvalue weighted by Crippen LogP contribution is -2.10. The maximum absolute atomic E-state index is 6.34. The van der Waals surface area contributed by atoms with Gasteiger partial charge in [0.25, 0.3) is 0 Å². The van der Waals surface area contributed by atoms with Crippen molar-refractivity contribution in [2.45, 2.75) is 39.8 Å². The zero-order valence-corrected chi connectivity index (χ0v) is 13.7. The number of ether oxygens (including phenoxy) is 1. The molecule has 21 heavy (non-hydrogen) atoms. The average molecular weight is 308 g/mol. The molecule has 5 heteroatoms. The zero-order valence-electron chi connectivity index (χ0n) is 13.0. The third kappa shape index (κ3) is 3.39. The van der Waals surface area contributed by atoms with Crippen LogP contribution in [0.4, 0.5) is 0 Å². The summed E-state index contributed by atoms with van der Waals surface area (Å²) in [5.74, 6) is 0.797. The Morgan fingerprint density at radius 1 is 1.43 bits per heavy atom. The van der Waals surface area contributed by atoms with E-state index in [4.69, 9.17) is 22.1 Å². The van der Waals surface area contributed by atoms with E-state index in [0.29, 0.717) is 11.6 Å². The van der Waals surface area contributed by atoms with Crippen LogP contribution in [-0.4, -0.2) is 9.78 Å². The zero-order chi connectivity index (χ0) is 15.6. The molecule has 4 nitrogen and oxygen atoms in total. The molecule has 0 aliphatic rings. The molecule has 1 aromatic carbocycles. The summed E-state index contributed by atoms with van der Waals surface area (Å²) in [5.41, 5.74) is 9.96. The van der Waals surface area contributed by atoms with Crippen LogP contribution in [0.25, 0.3) is 0 Å². The maximum Gasteiger partial charge on any atom is 0.131 e. The Morgan fingerprint density at radius 2 is 2.14 bits per heavy atom. The summed E-state index contributed by atoms with van der Waals surface area (Å²) in [7, 11) is 1.88. The molecule has 0 aliphatic carbocycles. The van der Waals surface area contributed by atoms with Gasteiger partial charge in [0.2, 0.25) is 0 Å². The van der Waals surface area contributed by atoms with Crippen molar-refractivity contribution in [2.75, 3.05) is 0 Å². The van der Waals surface area contributed by atoms with Gasteiger partial charge in [0.15, 0.2) is 0 Å². The van der Waals surface area contributed by atoms with Gasteiger partial charge in [0.05, 0.1) is 16.4 Å². The molecule has 2 rings (SSSR count). The highest BCUT2D eigenvalue weighted by Crippen LogP contribution is 2.27. The van der Waals surface area contributed by atoms with Crippen molar-refractivity contribution >= 4 is 11.6 Å². The van der Waals surface area contributed by atoms with Crippen molar-refractivity contribution in [1.82, 2.24) is 9.78 Å². The molecular weight excluding hydrogens is 286 g/mol. The van der Waals surface area contributed by atoms with Crippen molar-refractivity contribution < 1.29 is 4.74 Å². The summed E-state index contributed by atoms with van der Waals surface area (Å²) in [6, 6.07) is 5.96. The van der Waals surface area contributed by atoms with Crippen LogP contribution in [0.15, 0.2) is 18.2 Å². The maximum atomic E-state index is 6.34. The molecule has 0 amide bonds. The SMILES string of the molecule is CCc1nn(C)c(COc2ccc(C)cc2C(C)N)c1Cl. The predicted molar refractivity (Wildman–Crippen MR) is 85.7 cm³/mol. The molecule has 0 spiro atoms. The first-order valence-corrected chi connectivity index (χ1v) is 7.51. The Balaban J connectivity index is 2.23. The topological polar surface area (TPSA) is 53.1 Å². The van der Waals surface area contributed by atoms with Gasteiger partial charge in [-0.2, -0.15) is 5.10 Å². The number of hydrogen-bond donors (Lipinski definition) is 1. The van der Waals surface area contributed by atoms with Gasteiger partial charge in [0, 0.05) is 18.7 Å². The number of hydrogen-bond acceptors (Lipinski definition) is 3. The minimum atomic E-state index is -0.0758. The monoisotopic (exact) mass is 307 g/mol. The van der Waals surface area contributed by atoms with Crippen molar-refractivity contribution in [3.05, 3.63) is 45.7 Å². The Labute approximate surface area is 130 Å². The molecule has 1 unspecified atom stereocenters. The molecule has 2 N–H and O–H groups in total. The van der Waals surface area contributed by atoms with E-state index in [1.165, 1.54) is 5.56 Å². The van der Waals surface area contributed by atoms with E-state index in [1.807, 2.05) is 40.0 Å². The van der Waals surface area contributed by atoms with Crippen molar-refractivity contribution in [1.29, 1.82) is 0 Å². The summed E-state index contributed by atoms with van der Waals surface area (Å²) >= 11 is 6.34. The fraction of sp³-hybridized carbons (Fsp3) is 0.438. The summed E-state index contributed by atoms with van der Waals surface area (Å²) in [6.45, 7) is 6.41. The minimum absolute atomic E-state index is 0.0758. The largest absolute Gasteiger partial charge is 0.487 e. The predicted octanol–water partition coefficient (Wildman–Crippen LogP) is 3.54. The molecule has 0 saturated heterocycles. The Bertz CT molecular complexity index is 635. The molecule has 2 aromatic rings. The molecule has 0 saturated carbocycles. The van der Waals surface area contributed by atoms with Gasteiger partial charge in [-0.25, -0.2) is 0 Å². The van der Waals surface area contributed by atoms with Crippen LogP contribution in [-0.2, 0) is 20.1 Å². The van der Waals surface area contributed by atoms with Gasteiger partial charge in [-0.05, 0) is 26.3 Å². The molecule has 1 heterocycles. The minimum Gasteiger partial charge on any atom is -0.487 e. The van der Waals surface area contributed by atoms with Crippen LogP contribution in [0, 0.1) is 6.92 Å². The highest BCUT2D eigenvalue weighted by atomic mass is 35.5. The number of nitrogens with zero attached hydrogens (tertiary/aromatic N) is 2. The summed E-state index contributed by atoms with van der Waals surface area (Å²) in [4.78, 5) is 0. The second kappa shape index (κ2) is 6.50. The lowest BCUT2D eigenvalue weighted by atomic mass is 10.1. The summed E-state index contributed by atoms with van der Waals surface area (Å²) < 4.78 is 7.71. The van der Waals surface area contributed by atoms with E-state index in [2.05, 4.69) is 11.2 Å². The van der Waals surface area contributed by atoms with Gasteiger partial charge >= 0.3 is 0 Å². The standard InChI is InChI=1S/C16H22ClN3O/c1-5-13-16(17)14(20(4)19-13)9-21-15-7-6-10(2)8-12(15)11(3)18/h6-8,11H,5,9,18H2,1-4H3. The highest BCUT2D eigenvalue weighted by molar-refractivity contribution is 6.31. The van der Waals surface area contributed by atoms with E-state index >= 15 is 0 Å². The molecule has 0 radical (unpaired) electrons. The van der Waals surface area contributed by atoms with E-state index in [-0.39, 0.29) is 6.04 Å². The molecule has 114 valence electrons. The van der Waals surface area contributed by atoms with Crippen molar-refractivity contribution in [2.24, 2.45) is 12.8 Å². The lowest BCUT2D eigenvalue weighted by molar-refractivity contribution is 0.290. The number of rotatable bonds is 5. The lowest BCUT2D eigenvalue weighted by Gasteiger charge is -2.15. The van der Waals surface area contributed by atoms with Gasteiger partial charge in [-0.15, -0.1) is 0 Å². The Morgan fingerprint density at radius 3 is 2.71 bits per heavy atom. The Hall–Kier alpha value is -1.52. The molecular formula is C16H22ClN3O. The smallest absolute Gasteiger partial charge is 0.131 e. The quantitative estimate of drug-likeness (QED) is 0.919. The van der Waals surface area contributed by atoms with Crippen LogP contribution in [0.2, 0.25) is 5.02 Å². The van der Waals surface area contributed by atoms with Gasteiger partial charge < -0.3 is 10.5 Å². The van der Waals surface area contributed by atoms with Crippen molar-refractivity contribution in [3.63, 3.8) is 0 Å². The van der Waals surface area contributed by atoms with Crippen LogP contribution >= 0.6 is 11.6 Å². The third-order valence-corrected chi connectivity index (χ3v) is 3.96. The first kappa shape index (κ1) is 15.9. The molecule has 1 atom stereocenters. The van der Waals surface area contributed by atoms with Gasteiger partial charge in [0.1, 0.15) is 12.4 Å². The first-order valence-electron chi connectivity index (χ1n) is 7.13. The summed E-state index contributed by atoms with van der Waals surface area (Å²) in [6.07, 6.45) is 0.808. The molecule has 0 aliphatic heterocycles. The van der Waals surface area contributed by atoms with E-state index in [9.17, 15) is 0 Å². The van der Waals surface area contributed by atoms with Gasteiger partial charge in [-0.3, -0.25) is 4.68 Å². The fourth-order valence-electron chi connectivity index (χ4n) is 2.28. The van der Waals surface area contributed by atoms with E-state index in [1.54, 1.807) is 4.68 Å². The number of aryl methyl sites for hydroxylation is 3. The van der Waals surface area contributed by atoms with Crippen LogP contribution in [0.3, 0.4) is 0 Å². The van der Waals surface area contributed by atoms with Crippen molar-refractivity contribution in [3.8, 4) is 5.75 Å². The molecule has 0 bridgehead atoms. The number of benzene rings is 1. The van der Waals surface area contributed by atoms with E-state index in [0.717, 1.165) is 29.1 Å². The summed E-state index contributed by atoms with van der Waals surface area (Å²) in [5, 5.41) is 5.08. The fourth-order valence-corrected chi connectivity index (χ4v) is 2.63. The third-order valence-electron chi connectivity index (χ3n) is 3.52. The second-order valence-corrected chi connectivity index (χ2v) is 5.68. The normalized spacial score (nSPS) is 12.5. The number of halogens is 1. The second-order valence-electron chi connectivity index (χ2n) is 5.30. The average Bonchev–Trinajstić information content (AvgIpc) is 2.72. The van der Waals surface area contributed by atoms with Crippen LogP contribution < -0.4 is 10.5 Å². The first-order chi connectivity index (χ1) is 9.93. The number of aromatic nitrogens is 2. The Kier molecular flexibility index (Phi) is 4.91. The molecule has 1 aromatic heterocycles. The van der Waals surface area contributed by atoms with Gasteiger partial charge in [-0.1, -0.05) is 36.2 Å².